The van der Waals surface area contributed by atoms with Crippen LogP contribution in [0.2, 0.25) is 5.02 Å². The normalized spacial score (nSPS) is 12.3. The van der Waals surface area contributed by atoms with Gasteiger partial charge in [-0.15, -0.1) is 0 Å². The monoisotopic (exact) mass is 298 g/mol. The number of likely N-dealkylation sites (N-methyl/N-ethyl adjacent to an activating group) is 1. The zero-order valence-electron chi connectivity index (χ0n) is 12.5. The lowest BCUT2D eigenvalue weighted by Crippen LogP contribution is -2.42. The van der Waals surface area contributed by atoms with Crippen LogP contribution >= 0.6 is 11.6 Å². The molecule has 1 amide bonds. The van der Waals surface area contributed by atoms with Crippen LogP contribution in [0.3, 0.4) is 0 Å². The van der Waals surface area contributed by atoms with Gasteiger partial charge in [-0.25, -0.2) is 4.98 Å². The number of halogens is 1. The molecular weight excluding hydrogens is 276 g/mol. The Morgan fingerprint density at radius 3 is 2.60 bits per heavy atom. The van der Waals surface area contributed by atoms with Crippen LogP contribution < -0.4 is 10.6 Å². The van der Waals surface area contributed by atoms with Gasteiger partial charge in [-0.05, 0) is 32.1 Å². The molecule has 1 rings (SSSR count). The molecule has 0 saturated heterocycles. The van der Waals surface area contributed by atoms with Crippen LogP contribution in [0.25, 0.3) is 0 Å². The molecule has 1 aromatic heterocycles. The van der Waals surface area contributed by atoms with Crippen molar-refractivity contribution in [1.82, 2.24) is 15.2 Å². The highest BCUT2D eigenvalue weighted by atomic mass is 35.5. The molecule has 0 radical (unpaired) electrons. The Morgan fingerprint density at radius 2 is 2.05 bits per heavy atom. The fraction of sp³-hybridized carbons (Fsp3) is 0.571. The van der Waals surface area contributed by atoms with Gasteiger partial charge < -0.3 is 15.5 Å². The number of carbonyl (C=O) groups excluding carboxylic acids is 1. The van der Waals surface area contributed by atoms with E-state index in [1.165, 1.54) is 0 Å². The van der Waals surface area contributed by atoms with E-state index in [1.54, 1.807) is 19.2 Å². The summed E-state index contributed by atoms with van der Waals surface area (Å²) >= 11 is 6.03. The lowest BCUT2D eigenvalue weighted by molar-refractivity contribution is 0.0925. The lowest BCUT2D eigenvalue weighted by atomic mass is 10.2. The molecule has 1 aromatic rings. The predicted octanol–water partition coefficient (Wildman–Crippen LogP) is 2.24. The summed E-state index contributed by atoms with van der Waals surface area (Å²) in [4.78, 5) is 18.6. The van der Waals surface area contributed by atoms with E-state index in [1.807, 2.05) is 6.92 Å². The molecule has 0 aliphatic rings. The number of hydrogen-bond acceptors (Lipinski definition) is 4. The van der Waals surface area contributed by atoms with E-state index in [4.69, 9.17) is 11.6 Å². The number of carbonyl (C=O) groups is 1. The Morgan fingerprint density at radius 1 is 1.40 bits per heavy atom. The molecule has 2 N–H and O–H groups in total. The van der Waals surface area contributed by atoms with Gasteiger partial charge in [0.25, 0.3) is 5.91 Å². The van der Waals surface area contributed by atoms with E-state index in [0.717, 1.165) is 19.6 Å². The first-order valence-electron chi connectivity index (χ1n) is 6.89. The standard InChI is InChI=1S/C14H23ClN4O/c1-5-19(6-2)9-10(3)17-14(20)13-11(15)7-8-12(16-4)18-13/h7-8,10H,5-6,9H2,1-4H3,(H,16,18)(H,17,20). The van der Waals surface area contributed by atoms with Crippen molar-refractivity contribution in [2.75, 3.05) is 32.0 Å². The summed E-state index contributed by atoms with van der Waals surface area (Å²) in [5.41, 5.74) is 0.255. The molecule has 0 spiro atoms. The topological polar surface area (TPSA) is 57.3 Å². The highest BCUT2D eigenvalue weighted by Crippen LogP contribution is 2.16. The van der Waals surface area contributed by atoms with E-state index in [2.05, 4.69) is 34.4 Å². The van der Waals surface area contributed by atoms with Gasteiger partial charge in [0.1, 0.15) is 11.5 Å². The van der Waals surface area contributed by atoms with Crippen LogP contribution in [-0.2, 0) is 0 Å². The van der Waals surface area contributed by atoms with E-state index in [-0.39, 0.29) is 17.6 Å². The van der Waals surface area contributed by atoms with Gasteiger partial charge in [-0.2, -0.15) is 0 Å². The van der Waals surface area contributed by atoms with E-state index in [9.17, 15) is 4.79 Å². The minimum Gasteiger partial charge on any atom is -0.373 e. The number of nitrogens with zero attached hydrogens (tertiary/aromatic N) is 2. The quantitative estimate of drug-likeness (QED) is 0.810. The smallest absolute Gasteiger partial charge is 0.271 e. The molecule has 0 aliphatic heterocycles. The summed E-state index contributed by atoms with van der Waals surface area (Å²) < 4.78 is 0. The number of nitrogens with one attached hydrogen (secondary N) is 2. The van der Waals surface area contributed by atoms with Crippen LogP contribution in [0.4, 0.5) is 5.82 Å². The Bertz CT molecular complexity index is 449. The Balaban J connectivity index is 2.71. The molecule has 1 heterocycles. The van der Waals surface area contributed by atoms with Crippen molar-refractivity contribution in [1.29, 1.82) is 0 Å². The van der Waals surface area contributed by atoms with Crippen molar-refractivity contribution >= 4 is 23.3 Å². The molecule has 0 fully saturated rings. The predicted molar refractivity (Wildman–Crippen MR) is 83.5 cm³/mol. The van der Waals surface area contributed by atoms with Gasteiger partial charge >= 0.3 is 0 Å². The molecule has 1 unspecified atom stereocenters. The second kappa shape index (κ2) is 8.07. The summed E-state index contributed by atoms with van der Waals surface area (Å²) in [6.07, 6.45) is 0. The van der Waals surface area contributed by atoms with Crippen molar-refractivity contribution in [2.45, 2.75) is 26.8 Å². The van der Waals surface area contributed by atoms with Crippen molar-refractivity contribution in [2.24, 2.45) is 0 Å². The first-order valence-corrected chi connectivity index (χ1v) is 7.27. The van der Waals surface area contributed by atoms with Gasteiger partial charge in [-0.1, -0.05) is 25.4 Å². The summed E-state index contributed by atoms with van der Waals surface area (Å²) in [6, 6.07) is 3.45. The first kappa shape index (κ1) is 16.7. The molecule has 20 heavy (non-hydrogen) atoms. The van der Waals surface area contributed by atoms with Crippen LogP contribution in [-0.4, -0.2) is 48.5 Å². The molecule has 5 nitrogen and oxygen atoms in total. The number of aromatic nitrogens is 1. The van der Waals surface area contributed by atoms with E-state index >= 15 is 0 Å². The number of hydrogen-bond donors (Lipinski definition) is 2. The van der Waals surface area contributed by atoms with Crippen molar-refractivity contribution < 1.29 is 4.79 Å². The minimum absolute atomic E-state index is 0.0403. The summed E-state index contributed by atoms with van der Waals surface area (Å²) in [5.74, 6) is 0.378. The summed E-state index contributed by atoms with van der Waals surface area (Å²) in [6.45, 7) is 8.92. The second-order valence-corrected chi connectivity index (χ2v) is 5.04. The number of pyridine rings is 1. The maximum Gasteiger partial charge on any atom is 0.271 e. The zero-order chi connectivity index (χ0) is 15.1. The maximum absolute atomic E-state index is 12.2. The van der Waals surface area contributed by atoms with Gasteiger partial charge in [-0.3, -0.25) is 4.79 Å². The molecule has 112 valence electrons. The average molecular weight is 299 g/mol. The third-order valence-corrected chi connectivity index (χ3v) is 3.43. The highest BCUT2D eigenvalue weighted by Gasteiger charge is 2.16. The minimum atomic E-state index is -0.244. The van der Waals surface area contributed by atoms with Gasteiger partial charge in [0, 0.05) is 19.6 Å². The third kappa shape index (κ3) is 4.65. The Hall–Kier alpha value is -1.33. The van der Waals surface area contributed by atoms with Gasteiger partial charge in [0.05, 0.1) is 5.02 Å². The first-order chi connectivity index (χ1) is 9.51. The van der Waals surface area contributed by atoms with Crippen LogP contribution in [0, 0.1) is 0 Å². The van der Waals surface area contributed by atoms with Crippen molar-refractivity contribution in [3.05, 3.63) is 22.8 Å². The summed E-state index contributed by atoms with van der Waals surface area (Å²) in [5, 5.41) is 6.19. The molecule has 0 aromatic carbocycles. The second-order valence-electron chi connectivity index (χ2n) is 4.64. The SMILES string of the molecule is CCN(CC)CC(C)NC(=O)c1nc(NC)ccc1Cl. The molecular formula is C14H23ClN4O. The largest absolute Gasteiger partial charge is 0.373 e. The average Bonchev–Trinajstić information content (AvgIpc) is 2.45. The van der Waals surface area contributed by atoms with E-state index in [0.29, 0.717) is 10.8 Å². The number of rotatable bonds is 7. The van der Waals surface area contributed by atoms with Crippen LogP contribution in [0.15, 0.2) is 12.1 Å². The Kier molecular flexibility index (Phi) is 6.75. The lowest BCUT2D eigenvalue weighted by Gasteiger charge is -2.23. The molecule has 0 saturated carbocycles. The van der Waals surface area contributed by atoms with Crippen molar-refractivity contribution in [3.63, 3.8) is 0 Å². The Labute approximate surface area is 125 Å². The van der Waals surface area contributed by atoms with Crippen molar-refractivity contribution in [3.8, 4) is 0 Å². The van der Waals surface area contributed by atoms with Gasteiger partial charge in [0.15, 0.2) is 0 Å². The van der Waals surface area contributed by atoms with Crippen LogP contribution in [0.1, 0.15) is 31.3 Å². The fourth-order valence-corrected chi connectivity index (χ4v) is 2.14. The highest BCUT2D eigenvalue weighted by molar-refractivity contribution is 6.33. The molecule has 0 aliphatic carbocycles. The number of anilines is 1. The maximum atomic E-state index is 12.2. The fourth-order valence-electron chi connectivity index (χ4n) is 1.95. The molecule has 6 heteroatoms. The van der Waals surface area contributed by atoms with Crippen LogP contribution in [0.5, 0.6) is 0 Å². The third-order valence-electron chi connectivity index (χ3n) is 3.12. The number of amides is 1. The van der Waals surface area contributed by atoms with Gasteiger partial charge in [0.2, 0.25) is 0 Å². The molecule has 1 atom stereocenters. The molecule has 0 bridgehead atoms. The van der Waals surface area contributed by atoms with E-state index < -0.39 is 0 Å². The zero-order valence-corrected chi connectivity index (χ0v) is 13.3. The summed E-state index contributed by atoms with van der Waals surface area (Å²) in [7, 11) is 1.75.